The summed E-state index contributed by atoms with van der Waals surface area (Å²) < 4.78 is 1.47. The third-order valence-corrected chi connectivity index (χ3v) is 3.02. The van der Waals surface area contributed by atoms with E-state index in [1.165, 1.54) is 23.4 Å². The first-order chi connectivity index (χ1) is 10.6. The Morgan fingerprint density at radius 3 is 2.86 bits per heavy atom. The molecule has 8 nitrogen and oxygen atoms in total. The molecule has 3 rings (SSSR count). The van der Waals surface area contributed by atoms with Crippen molar-refractivity contribution in [2.75, 3.05) is 5.32 Å². The van der Waals surface area contributed by atoms with Gasteiger partial charge < -0.3 is 5.32 Å². The SMILES string of the molecule is Cc1cccc(Nc2ncnc(-n3ccnc3)c2[N+](=O)[O-])c1. The minimum absolute atomic E-state index is 0.134. The van der Waals surface area contributed by atoms with E-state index in [0.717, 1.165) is 11.3 Å². The van der Waals surface area contributed by atoms with E-state index in [1.54, 1.807) is 6.20 Å². The van der Waals surface area contributed by atoms with Crippen LogP contribution in [0.25, 0.3) is 5.82 Å². The van der Waals surface area contributed by atoms with Gasteiger partial charge in [0.25, 0.3) is 0 Å². The molecule has 110 valence electrons. The van der Waals surface area contributed by atoms with Crippen LogP contribution in [-0.4, -0.2) is 24.4 Å². The van der Waals surface area contributed by atoms with Gasteiger partial charge >= 0.3 is 5.69 Å². The van der Waals surface area contributed by atoms with Gasteiger partial charge in [-0.25, -0.2) is 15.0 Å². The van der Waals surface area contributed by atoms with Crippen LogP contribution in [0.1, 0.15) is 5.56 Å². The highest BCUT2D eigenvalue weighted by atomic mass is 16.6. The maximum absolute atomic E-state index is 11.4. The smallest absolute Gasteiger partial charge is 0.334 e. The Kier molecular flexibility index (Phi) is 3.48. The van der Waals surface area contributed by atoms with Gasteiger partial charge in [0, 0.05) is 18.1 Å². The highest BCUT2D eigenvalue weighted by Crippen LogP contribution is 2.30. The minimum atomic E-state index is -0.506. The Bertz CT molecular complexity index is 816. The van der Waals surface area contributed by atoms with Gasteiger partial charge in [0.2, 0.25) is 11.6 Å². The van der Waals surface area contributed by atoms with Crippen molar-refractivity contribution in [2.45, 2.75) is 6.92 Å². The number of anilines is 2. The van der Waals surface area contributed by atoms with Crippen molar-refractivity contribution in [3.05, 3.63) is 65.0 Å². The van der Waals surface area contributed by atoms with Crippen LogP contribution in [0.15, 0.2) is 49.3 Å². The molecule has 0 saturated heterocycles. The summed E-state index contributed by atoms with van der Waals surface area (Å²) in [5, 5.41) is 14.4. The Balaban J connectivity index is 2.08. The van der Waals surface area contributed by atoms with Crippen molar-refractivity contribution in [3.63, 3.8) is 0 Å². The molecule has 0 radical (unpaired) electrons. The zero-order valence-corrected chi connectivity index (χ0v) is 11.7. The quantitative estimate of drug-likeness (QED) is 0.587. The highest BCUT2D eigenvalue weighted by molar-refractivity contribution is 5.70. The molecule has 0 aliphatic heterocycles. The Morgan fingerprint density at radius 1 is 1.32 bits per heavy atom. The number of nitrogens with zero attached hydrogens (tertiary/aromatic N) is 5. The monoisotopic (exact) mass is 296 g/mol. The molecule has 2 aromatic heterocycles. The van der Waals surface area contributed by atoms with Gasteiger partial charge in [-0.1, -0.05) is 12.1 Å². The standard InChI is InChI=1S/C14H12N6O2/c1-10-3-2-4-11(7-10)18-13-12(20(21)22)14(17-8-16-13)19-6-5-15-9-19/h2-9H,1H3,(H,16,17,18). The first-order valence-corrected chi connectivity index (χ1v) is 6.46. The predicted octanol–water partition coefficient (Wildman–Crippen LogP) is 2.62. The summed E-state index contributed by atoms with van der Waals surface area (Å²) in [6.07, 6.45) is 5.84. The fourth-order valence-corrected chi connectivity index (χ4v) is 2.06. The van der Waals surface area contributed by atoms with E-state index < -0.39 is 4.92 Å². The molecule has 8 heteroatoms. The molecule has 0 atom stereocenters. The number of benzene rings is 1. The summed E-state index contributed by atoms with van der Waals surface area (Å²) in [6, 6.07) is 7.50. The molecule has 0 bridgehead atoms. The van der Waals surface area contributed by atoms with Gasteiger partial charge in [-0.15, -0.1) is 0 Å². The van der Waals surface area contributed by atoms with Crippen molar-refractivity contribution < 1.29 is 4.92 Å². The fraction of sp³-hybridized carbons (Fsp3) is 0.0714. The Morgan fingerprint density at radius 2 is 2.18 bits per heavy atom. The zero-order chi connectivity index (χ0) is 15.5. The summed E-state index contributed by atoms with van der Waals surface area (Å²) in [5.41, 5.74) is 1.55. The molecule has 0 amide bonds. The molecule has 0 fully saturated rings. The summed E-state index contributed by atoms with van der Waals surface area (Å²) in [4.78, 5) is 22.8. The van der Waals surface area contributed by atoms with Crippen molar-refractivity contribution in [3.8, 4) is 5.82 Å². The van der Waals surface area contributed by atoms with E-state index in [2.05, 4.69) is 20.3 Å². The van der Waals surface area contributed by atoms with Crippen LogP contribution in [0.4, 0.5) is 17.2 Å². The molecule has 3 aromatic rings. The second-order valence-corrected chi connectivity index (χ2v) is 4.62. The average Bonchev–Trinajstić information content (AvgIpc) is 3.01. The third-order valence-electron chi connectivity index (χ3n) is 3.02. The van der Waals surface area contributed by atoms with E-state index in [4.69, 9.17) is 0 Å². The first-order valence-electron chi connectivity index (χ1n) is 6.46. The van der Waals surface area contributed by atoms with E-state index in [1.807, 2.05) is 31.2 Å². The molecular formula is C14H12N6O2. The van der Waals surface area contributed by atoms with Gasteiger partial charge in [-0.05, 0) is 24.6 Å². The van der Waals surface area contributed by atoms with Crippen molar-refractivity contribution in [1.29, 1.82) is 0 Å². The van der Waals surface area contributed by atoms with Crippen LogP contribution in [0.3, 0.4) is 0 Å². The largest absolute Gasteiger partial charge is 0.354 e. The molecule has 0 unspecified atom stereocenters. The van der Waals surface area contributed by atoms with Gasteiger partial charge in [0.1, 0.15) is 12.7 Å². The molecule has 1 aromatic carbocycles. The first kappa shape index (κ1) is 13.7. The molecule has 0 aliphatic rings. The van der Waals surface area contributed by atoms with Crippen LogP contribution in [-0.2, 0) is 0 Å². The van der Waals surface area contributed by atoms with E-state index >= 15 is 0 Å². The lowest BCUT2D eigenvalue weighted by Gasteiger charge is -2.09. The van der Waals surface area contributed by atoms with Crippen LogP contribution < -0.4 is 5.32 Å². The lowest BCUT2D eigenvalue weighted by atomic mass is 10.2. The van der Waals surface area contributed by atoms with Gasteiger partial charge in [0.15, 0.2) is 0 Å². The molecule has 1 N–H and O–H groups in total. The molecule has 0 saturated carbocycles. The summed E-state index contributed by atoms with van der Waals surface area (Å²) >= 11 is 0. The Hall–Kier alpha value is -3.29. The van der Waals surface area contributed by atoms with Crippen molar-refractivity contribution in [2.24, 2.45) is 0 Å². The number of hydrogen-bond donors (Lipinski definition) is 1. The Labute approximate surface area is 125 Å². The molecule has 2 heterocycles. The minimum Gasteiger partial charge on any atom is -0.334 e. The van der Waals surface area contributed by atoms with Crippen LogP contribution in [0.5, 0.6) is 0 Å². The number of rotatable bonds is 4. The summed E-state index contributed by atoms with van der Waals surface area (Å²) in [7, 11) is 0. The van der Waals surface area contributed by atoms with Crippen LogP contribution >= 0.6 is 0 Å². The van der Waals surface area contributed by atoms with Crippen molar-refractivity contribution >= 4 is 17.2 Å². The zero-order valence-electron chi connectivity index (χ0n) is 11.7. The summed E-state index contributed by atoms with van der Waals surface area (Å²) in [5.74, 6) is 0.293. The van der Waals surface area contributed by atoms with Gasteiger partial charge in [-0.3, -0.25) is 14.7 Å². The number of nitro groups is 1. The fourth-order valence-electron chi connectivity index (χ4n) is 2.06. The average molecular weight is 296 g/mol. The normalized spacial score (nSPS) is 10.4. The van der Waals surface area contributed by atoms with E-state index in [-0.39, 0.29) is 17.3 Å². The topological polar surface area (TPSA) is 98.8 Å². The maximum Gasteiger partial charge on any atom is 0.354 e. The second-order valence-electron chi connectivity index (χ2n) is 4.62. The number of nitrogens with one attached hydrogen (secondary N) is 1. The summed E-state index contributed by atoms with van der Waals surface area (Å²) in [6.45, 7) is 1.94. The lowest BCUT2D eigenvalue weighted by molar-refractivity contribution is -0.384. The van der Waals surface area contributed by atoms with Crippen LogP contribution in [0.2, 0.25) is 0 Å². The predicted molar refractivity (Wildman–Crippen MR) is 80.3 cm³/mol. The number of aryl methyl sites for hydroxylation is 1. The molecule has 22 heavy (non-hydrogen) atoms. The third kappa shape index (κ3) is 2.62. The van der Waals surface area contributed by atoms with Crippen LogP contribution in [0, 0.1) is 17.0 Å². The van der Waals surface area contributed by atoms with Gasteiger partial charge in [0.05, 0.1) is 4.92 Å². The van der Waals surface area contributed by atoms with Gasteiger partial charge in [-0.2, -0.15) is 0 Å². The molecular weight excluding hydrogens is 284 g/mol. The molecule has 0 aliphatic carbocycles. The highest BCUT2D eigenvalue weighted by Gasteiger charge is 2.24. The number of hydrogen-bond acceptors (Lipinski definition) is 6. The maximum atomic E-state index is 11.4. The van der Waals surface area contributed by atoms with E-state index in [9.17, 15) is 10.1 Å². The molecule has 0 spiro atoms. The lowest BCUT2D eigenvalue weighted by Crippen LogP contribution is -2.06. The van der Waals surface area contributed by atoms with Crippen molar-refractivity contribution in [1.82, 2.24) is 19.5 Å². The number of aromatic nitrogens is 4. The second kappa shape index (κ2) is 5.60. The van der Waals surface area contributed by atoms with E-state index in [0.29, 0.717) is 0 Å². The number of imidazole rings is 1.